The minimum Gasteiger partial charge on any atom is -0.358 e. The molecular weight excluding hydrogens is 282 g/mol. The Morgan fingerprint density at radius 3 is 2.82 bits per heavy atom. The molecule has 4 N–H and O–H groups in total. The fourth-order valence-electron chi connectivity index (χ4n) is 2.86. The number of carbonyl (C=O) groups excluding carboxylic acids is 2. The van der Waals surface area contributed by atoms with Crippen LogP contribution in [-0.2, 0) is 16.1 Å². The topological polar surface area (TPSA) is 102 Å². The fraction of sp³-hybridized carbons (Fsp3) is 0.667. The second kappa shape index (κ2) is 7.93. The van der Waals surface area contributed by atoms with Crippen LogP contribution in [0.4, 0.5) is 5.69 Å². The van der Waals surface area contributed by atoms with E-state index in [9.17, 15) is 9.59 Å². The Morgan fingerprint density at radius 2 is 2.14 bits per heavy atom. The molecule has 7 nitrogen and oxygen atoms in total. The van der Waals surface area contributed by atoms with E-state index in [1.54, 1.807) is 13.2 Å². The van der Waals surface area contributed by atoms with Crippen LogP contribution in [0.2, 0.25) is 0 Å². The first-order valence-corrected chi connectivity index (χ1v) is 7.88. The lowest BCUT2D eigenvalue weighted by atomic mass is 9.85. The molecule has 1 fully saturated rings. The van der Waals surface area contributed by atoms with Crippen LogP contribution >= 0.6 is 0 Å². The molecule has 122 valence electrons. The third kappa shape index (κ3) is 4.84. The van der Waals surface area contributed by atoms with E-state index in [1.165, 1.54) is 43.0 Å². The van der Waals surface area contributed by atoms with Gasteiger partial charge in [-0.25, -0.2) is 0 Å². The third-order valence-corrected chi connectivity index (χ3v) is 4.13. The van der Waals surface area contributed by atoms with E-state index in [2.05, 4.69) is 15.7 Å². The van der Waals surface area contributed by atoms with Gasteiger partial charge in [-0.1, -0.05) is 32.1 Å². The van der Waals surface area contributed by atoms with Gasteiger partial charge in [-0.05, 0) is 12.3 Å². The number of hydrogen-bond donors (Lipinski definition) is 3. The molecule has 2 rings (SSSR count). The molecule has 1 aliphatic rings. The van der Waals surface area contributed by atoms with Crippen molar-refractivity contribution in [2.45, 2.75) is 51.1 Å². The summed E-state index contributed by atoms with van der Waals surface area (Å²) in [7, 11) is 1.57. The van der Waals surface area contributed by atoms with Gasteiger partial charge in [0.1, 0.15) is 6.54 Å². The first kappa shape index (κ1) is 16.5. The molecule has 1 aromatic heterocycles. The SMILES string of the molecule is CNC(=O)Cn1cc(NC(=O)C(N)CC2CCCCC2)cn1. The van der Waals surface area contributed by atoms with Gasteiger partial charge in [0.05, 0.1) is 17.9 Å². The summed E-state index contributed by atoms with van der Waals surface area (Å²) in [6.07, 6.45) is 10.0. The molecule has 1 atom stereocenters. The first-order valence-electron chi connectivity index (χ1n) is 7.88. The highest BCUT2D eigenvalue weighted by Gasteiger charge is 2.21. The van der Waals surface area contributed by atoms with Crippen LogP contribution in [0, 0.1) is 5.92 Å². The Balaban J connectivity index is 1.81. The molecule has 0 aliphatic heterocycles. The van der Waals surface area contributed by atoms with Gasteiger partial charge >= 0.3 is 0 Å². The summed E-state index contributed by atoms with van der Waals surface area (Å²) >= 11 is 0. The van der Waals surface area contributed by atoms with E-state index in [0.29, 0.717) is 11.6 Å². The Morgan fingerprint density at radius 1 is 1.41 bits per heavy atom. The molecule has 22 heavy (non-hydrogen) atoms. The second-order valence-corrected chi connectivity index (χ2v) is 5.94. The number of nitrogens with two attached hydrogens (primary N) is 1. The molecule has 0 saturated heterocycles. The van der Waals surface area contributed by atoms with Gasteiger partial charge in [-0.2, -0.15) is 5.10 Å². The van der Waals surface area contributed by atoms with E-state index in [-0.39, 0.29) is 18.4 Å². The van der Waals surface area contributed by atoms with Gasteiger partial charge < -0.3 is 16.4 Å². The standard InChI is InChI=1S/C15H25N5O2/c1-17-14(21)10-20-9-12(8-18-20)19-15(22)13(16)7-11-5-3-2-4-6-11/h8-9,11,13H,2-7,10,16H2,1H3,(H,17,21)(H,19,22). The monoisotopic (exact) mass is 307 g/mol. The van der Waals surface area contributed by atoms with Crippen molar-refractivity contribution in [2.24, 2.45) is 11.7 Å². The average molecular weight is 307 g/mol. The van der Waals surface area contributed by atoms with Gasteiger partial charge in [0, 0.05) is 13.2 Å². The maximum absolute atomic E-state index is 12.1. The maximum Gasteiger partial charge on any atom is 0.241 e. The second-order valence-electron chi connectivity index (χ2n) is 5.94. The van der Waals surface area contributed by atoms with Crippen molar-refractivity contribution >= 4 is 17.5 Å². The smallest absolute Gasteiger partial charge is 0.241 e. The molecule has 1 heterocycles. The van der Waals surface area contributed by atoms with Gasteiger partial charge in [0.15, 0.2) is 0 Å². The lowest BCUT2D eigenvalue weighted by molar-refractivity contribution is -0.121. The number of nitrogens with one attached hydrogen (secondary N) is 2. The van der Waals surface area contributed by atoms with Crippen molar-refractivity contribution in [3.05, 3.63) is 12.4 Å². The zero-order chi connectivity index (χ0) is 15.9. The number of aromatic nitrogens is 2. The summed E-state index contributed by atoms with van der Waals surface area (Å²) in [5.41, 5.74) is 6.56. The normalized spacial score (nSPS) is 17.0. The Bertz CT molecular complexity index is 508. The molecule has 0 radical (unpaired) electrons. The number of rotatable bonds is 6. The minimum absolute atomic E-state index is 0.125. The first-order chi connectivity index (χ1) is 10.6. The molecule has 1 unspecified atom stereocenters. The lowest BCUT2D eigenvalue weighted by Gasteiger charge is -2.23. The number of anilines is 1. The molecule has 0 aromatic carbocycles. The van der Waals surface area contributed by atoms with Crippen LogP contribution in [0.5, 0.6) is 0 Å². The summed E-state index contributed by atoms with van der Waals surface area (Å²) in [5.74, 6) is 0.227. The number of amides is 2. The van der Waals surface area contributed by atoms with Crippen molar-refractivity contribution in [2.75, 3.05) is 12.4 Å². The predicted octanol–water partition coefficient (Wildman–Crippen LogP) is 0.865. The van der Waals surface area contributed by atoms with Crippen LogP contribution in [0.3, 0.4) is 0 Å². The van der Waals surface area contributed by atoms with Crippen molar-refractivity contribution in [3.8, 4) is 0 Å². The Labute approximate surface area is 130 Å². The van der Waals surface area contributed by atoms with Crippen LogP contribution in [0.25, 0.3) is 0 Å². The van der Waals surface area contributed by atoms with Crippen LogP contribution in [0.1, 0.15) is 38.5 Å². The molecule has 2 amide bonds. The van der Waals surface area contributed by atoms with E-state index in [4.69, 9.17) is 5.73 Å². The third-order valence-electron chi connectivity index (χ3n) is 4.13. The van der Waals surface area contributed by atoms with Crippen LogP contribution in [0.15, 0.2) is 12.4 Å². The molecule has 1 aliphatic carbocycles. The van der Waals surface area contributed by atoms with E-state index >= 15 is 0 Å². The van der Waals surface area contributed by atoms with Gasteiger partial charge in [0.2, 0.25) is 11.8 Å². The van der Waals surface area contributed by atoms with Gasteiger partial charge in [-0.3, -0.25) is 14.3 Å². The van der Waals surface area contributed by atoms with Crippen molar-refractivity contribution in [3.63, 3.8) is 0 Å². The average Bonchev–Trinajstić information content (AvgIpc) is 2.95. The molecule has 7 heteroatoms. The maximum atomic E-state index is 12.1. The zero-order valence-electron chi connectivity index (χ0n) is 13.0. The quantitative estimate of drug-likeness (QED) is 0.725. The number of nitrogens with zero attached hydrogens (tertiary/aromatic N) is 2. The van der Waals surface area contributed by atoms with Crippen molar-refractivity contribution in [1.82, 2.24) is 15.1 Å². The zero-order valence-corrected chi connectivity index (χ0v) is 13.0. The lowest BCUT2D eigenvalue weighted by Crippen LogP contribution is -2.37. The molecule has 0 bridgehead atoms. The largest absolute Gasteiger partial charge is 0.358 e. The molecule has 1 aromatic rings. The summed E-state index contributed by atoms with van der Waals surface area (Å²) < 4.78 is 1.47. The van der Waals surface area contributed by atoms with E-state index in [0.717, 1.165) is 6.42 Å². The van der Waals surface area contributed by atoms with Crippen LogP contribution < -0.4 is 16.4 Å². The van der Waals surface area contributed by atoms with E-state index < -0.39 is 6.04 Å². The molecule has 0 spiro atoms. The number of hydrogen-bond acceptors (Lipinski definition) is 4. The number of likely N-dealkylation sites (N-methyl/N-ethyl adjacent to an activating group) is 1. The van der Waals surface area contributed by atoms with Gasteiger partial charge in [0.25, 0.3) is 0 Å². The fourth-order valence-corrected chi connectivity index (χ4v) is 2.86. The summed E-state index contributed by atoms with van der Waals surface area (Å²) in [5, 5.41) is 9.32. The number of carbonyl (C=O) groups is 2. The summed E-state index contributed by atoms with van der Waals surface area (Å²) in [6.45, 7) is 0.125. The molecular formula is C15H25N5O2. The van der Waals surface area contributed by atoms with E-state index in [1.807, 2.05) is 0 Å². The van der Waals surface area contributed by atoms with Crippen LogP contribution in [-0.4, -0.2) is 34.7 Å². The Hall–Kier alpha value is -1.89. The highest BCUT2D eigenvalue weighted by molar-refractivity contribution is 5.94. The predicted molar refractivity (Wildman–Crippen MR) is 84.1 cm³/mol. The Kier molecular flexibility index (Phi) is 5.94. The summed E-state index contributed by atoms with van der Waals surface area (Å²) in [6, 6.07) is -0.495. The van der Waals surface area contributed by atoms with Crippen molar-refractivity contribution in [1.29, 1.82) is 0 Å². The highest BCUT2D eigenvalue weighted by Crippen LogP contribution is 2.27. The van der Waals surface area contributed by atoms with Gasteiger partial charge in [-0.15, -0.1) is 0 Å². The molecule has 1 saturated carbocycles. The highest BCUT2D eigenvalue weighted by atomic mass is 16.2. The minimum atomic E-state index is -0.495. The van der Waals surface area contributed by atoms with Crippen molar-refractivity contribution < 1.29 is 9.59 Å². The summed E-state index contributed by atoms with van der Waals surface area (Å²) in [4.78, 5) is 23.4.